The van der Waals surface area contributed by atoms with Crippen molar-refractivity contribution in [1.29, 1.82) is 0 Å². The molecule has 0 bridgehead atoms. The number of ether oxygens (including phenoxy) is 1. The number of hydrogen-bond acceptors (Lipinski definition) is 6. The van der Waals surface area contributed by atoms with E-state index in [2.05, 4.69) is 14.1 Å². The summed E-state index contributed by atoms with van der Waals surface area (Å²) >= 11 is 0.892. The number of carboxylic acid groups (broad SMARTS) is 1. The normalized spacial score (nSPS) is 13.0. The Labute approximate surface area is 115 Å². The Bertz CT molecular complexity index is 428. The van der Waals surface area contributed by atoms with Crippen LogP contribution in [-0.2, 0) is 9.53 Å². The third-order valence-corrected chi connectivity index (χ3v) is 2.62. The van der Waals surface area contributed by atoms with Crippen LogP contribution in [0.5, 0.6) is 0 Å². The smallest absolute Gasteiger partial charge is 0.326 e. The molecule has 106 valence electrons. The summed E-state index contributed by atoms with van der Waals surface area (Å²) in [7, 11) is 0. The number of carboxylic acids is 1. The maximum Gasteiger partial charge on any atom is 0.326 e. The monoisotopic (exact) mass is 287 g/mol. The number of nitrogens with zero attached hydrogens (tertiary/aromatic N) is 2. The molecule has 1 aromatic heterocycles. The van der Waals surface area contributed by atoms with Crippen molar-refractivity contribution in [3.8, 4) is 0 Å². The second-order valence-corrected chi connectivity index (χ2v) is 5.46. The van der Waals surface area contributed by atoms with E-state index in [1.165, 1.54) is 6.20 Å². The van der Waals surface area contributed by atoms with Crippen LogP contribution in [0, 0.1) is 0 Å². The van der Waals surface area contributed by atoms with Gasteiger partial charge in [0.2, 0.25) is 0 Å². The van der Waals surface area contributed by atoms with Gasteiger partial charge in [0.1, 0.15) is 6.04 Å². The van der Waals surface area contributed by atoms with E-state index in [-0.39, 0.29) is 24.3 Å². The lowest BCUT2D eigenvalue weighted by Gasteiger charge is -2.21. The molecule has 1 rings (SSSR count). The van der Waals surface area contributed by atoms with E-state index >= 15 is 0 Å². The summed E-state index contributed by atoms with van der Waals surface area (Å²) < 4.78 is 12.9. The molecule has 19 heavy (non-hydrogen) atoms. The van der Waals surface area contributed by atoms with Crippen LogP contribution < -0.4 is 5.32 Å². The topological polar surface area (TPSA) is 101 Å². The summed E-state index contributed by atoms with van der Waals surface area (Å²) in [6, 6.07) is -1.00. The number of aromatic nitrogens is 2. The second kappa shape index (κ2) is 6.58. The fourth-order valence-electron chi connectivity index (χ4n) is 1.24. The molecule has 8 heteroatoms. The number of hydrogen-bond donors (Lipinski definition) is 2. The molecule has 1 aromatic rings. The van der Waals surface area contributed by atoms with Gasteiger partial charge >= 0.3 is 5.97 Å². The van der Waals surface area contributed by atoms with E-state index in [0.717, 1.165) is 11.7 Å². The Kier molecular flexibility index (Phi) is 5.37. The summed E-state index contributed by atoms with van der Waals surface area (Å²) in [5.41, 5.74) is -0.223. The summed E-state index contributed by atoms with van der Waals surface area (Å²) in [5.74, 6) is -1.65. The van der Waals surface area contributed by atoms with Crippen molar-refractivity contribution >= 4 is 23.6 Å². The fraction of sp³-hybridized carbons (Fsp3) is 0.636. The average molecular weight is 287 g/mol. The number of rotatable bonds is 6. The molecule has 1 amide bonds. The zero-order valence-electron chi connectivity index (χ0n) is 11.0. The van der Waals surface area contributed by atoms with Gasteiger partial charge in [-0.3, -0.25) is 4.79 Å². The first-order valence-corrected chi connectivity index (χ1v) is 6.48. The van der Waals surface area contributed by atoms with E-state index in [0.29, 0.717) is 0 Å². The molecular weight excluding hydrogens is 270 g/mol. The second-order valence-electron chi connectivity index (χ2n) is 4.91. The van der Waals surface area contributed by atoms with E-state index in [4.69, 9.17) is 9.84 Å². The van der Waals surface area contributed by atoms with Crippen LogP contribution in [0.2, 0.25) is 0 Å². The number of aliphatic carboxylic acids is 1. The standard InChI is InChI=1S/C11H17N3O4S/c1-11(2,3)18-5-4-7(10(16)17)13-9(15)8-6-12-19-14-8/h6-7H,4-5H2,1-3H3,(H,13,15)(H,16,17). The van der Waals surface area contributed by atoms with Crippen LogP contribution in [0.25, 0.3) is 0 Å². The molecule has 7 nitrogen and oxygen atoms in total. The van der Waals surface area contributed by atoms with Crippen LogP contribution >= 0.6 is 11.7 Å². The summed E-state index contributed by atoms with van der Waals surface area (Å²) in [6.45, 7) is 5.88. The van der Waals surface area contributed by atoms with Crippen LogP contribution in [-0.4, -0.2) is 44.0 Å². The minimum Gasteiger partial charge on any atom is -0.480 e. The molecular formula is C11H17N3O4S. The minimum atomic E-state index is -1.10. The van der Waals surface area contributed by atoms with E-state index in [1.54, 1.807) is 0 Å². The van der Waals surface area contributed by atoms with Crippen molar-refractivity contribution in [3.63, 3.8) is 0 Å². The number of carbonyl (C=O) groups excluding carboxylic acids is 1. The lowest BCUT2D eigenvalue weighted by atomic mass is 10.1. The van der Waals surface area contributed by atoms with Gasteiger partial charge in [0.15, 0.2) is 5.69 Å². The molecule has 1 atom stereocenters. The zero-order valence-corrected chi connectivity index (χ0v) is 11.9. The zero-order chi connectivity index (χ0) is 14.5. The van der Waals surface area contributed by atoms with Gasteiger partial charge in [0.05, 0.1) is 23.5 Å². The lowest BCUT2D eigenvalue weighted by molar-refractivity contribution is -0.140. The van der Waals surface area contributed by atoms with Gasteiger partial charge in [-0.15, -0.1) is 0 Å². The van der Waals surface area contributed by atoms with Gasteiger partial charge in [-0.1, -0.05) is 0 Å². The Morgan fingerprint density at radius 1 is 1.53 bits per heavy atom. The molecule has 0 fully saturated rings. The molecule has 1 unspecified atom stereocenters. The number of nitrogens with one attached hydrogen (secondary N) is 1. The highest BCUT2D eigenvalue weighted by molar-refractivity contribution is 6.99. The van der Waals surface area contributed by atoms with Crippen molar-refractivity contribution in [1.82, 2.24) is 14.1 Å². The molecule has 0 aliphatic carbocycles. The predicted molar refractivity (Wildman–Crippen MR) is 69.1 cm³/mol. The first-order valence-electron chi connectivity index (χ1n) is 5.75. The first kappa shape index (κ1) is 15.5. The molecule has 0 saturated carbocycles. The van der Waals surface area contributed by atoms with Gasteiger partial charge < -0.3 is 15.2 Å². The van der Waals surface area contributed by atoms with Crippen LogP contribution in [0.1, 0.15) is 37.7 Å². The maximum atomic E-state index is 11.7. The number of carbonyl (C=O) groups is 2. The molecule has 1 heterocycles. The highest BCUT2D eigenvalue weighted by atomic mass is 32.1. The van der Waals surface area contributed by atoms with Crippen molar-refractivity contribution in [2.24, 2.45) is 0 Å². The van der Waals surface area contributed by atoms with Gasteiger partial charge in [0.25, 0.3) is 5.91 Å². The molecule has 0 aliphatic heterocycles. The molecule has 0 aromatic carbocycles. The van der Waals surface area contributed by atoms with Crippen LogP contribution in [0.4, 0.5) is 0 Å². The van der Waals surface area contributed by atoms with Gasteiger partial charge in [0, 0.05) is 13.0 Å². The molecule has 0 aliphatic rings. The van der Waals surface area contributed by atoms with Crippen molar-refractivity contribution in [3.05, 3.63) is 11.9 Å². The predicted octanol–water partition coefficient (Wildman–Crippen LogP) is 0.926. The summed E-state index contributed by atoms with van der Waals surface area (Å²) in [6.07, 6.45) is 1.49. The van der Waals surface area contributed by atoms with Gasteiger partial charge in [-0.25, -0.2) is 4.79 Å². The quantitative estimate of drug-likeness (QED) is 0.807. The molecule has 0 radical (unpaired) electrons. The van der Waals surface area contributed by atoms with E-state index in [9.17, 15) is 9.59 Å². The maximum absolute atomic E-state index is 11.7. The van der Waals surface area contributed by atoms with Crippen molar-refractivity contribution < 1.29 is 19.4 Å². The number of amides is 1. The highest BCUT2D eigenvalue weighted by Gasteiger charge is 2.22. The summed E-state index contributed by atoms with van der Waals surface area (Å²) in [5, 5.41) is 11.4. The Balaban J connectivity index is 2.49. The van der Waals surface area contributed by atoms with Crippen LogP contribution in [0.3, 0.4) is 0 Å². The third kappa shape index (κ3) is 5.75. The van der Waals surface area contributed by atoms with E-state index < -0.39 is 17.9 Å². The highest BCUT2D eigenvalue weighted by Crippen LogP contribution is 2.08. The average Bonchev–Trinajstić information content (AvgIpc) is 2.78. The lowest BCUT2D eigenvalue weighted by Crippen LogP contribution is -2.42. The van der Waals surface area contributed by atoms with E-state index in [1.807, 2.05) is 20.8 Å². The SMILES string of the molecule is CC(C)(C)OCCC(NC(=O)c1cnsn1)C(=O)O. The summed E-state index contributed by atoms with van der Waals surface area (Å²) in [4.78, 5) is 22.7. The Hall–Kier alpha value is -1.54. The first-order chi connectivity index (χ1) is 8.79. The van der Waals surface area contributed by atoms with Gasteiger partial charge in [-0.2, -0.15) is 8.75 Å². The third-order valence-electron chi connectivity index (χ3n) is 2.14. The Morgan fingerprint density at radius 3 is 2.68 bits per heavy atom. The minimum absolute atomic E-state index is 0.119. The van der Waals surface area contributed by atoms with Crippen molar-refractivity contribution in [2.75, 3.05) is 6.61 Å². The van der Waals surface area contributed by atoms with Crippen LogP contribution in [0.15, 0.2) is 6.20 Å². The van der Waals surface area contributed by atoms with Crippen molar-refractivity contribution in [2.45, 2.75) is 38.8 Å². The fourth-order valence-corrected chi connectivity index (χ4v) is 1.65. The molecule has 0 spiro atoms. The largest absolute Gasteiger partial charge is 0.480 e. The Morgan fingerprint density at radius 2 is 2.21 bits per heavy atom. The van der Waals surface area contributed by atoms with Gasteiger partial charge in [-0.05, 0) is 20.8 Å². The molecule has 2 N–H and O–H groups in total. The molecule has 0 saturated heterocycles.